The highest BCUT2D eigenvalue weighted by Gasteiger charge is 2.14. The molecule has 1 rings (SSSR count). The molecule has 0 saturated heterocycles. The van der Waals surface area contributed by atoms with Crippen molar-refractivity contribution in [1.29, 1.82) is 0 Å². The quantitative estimate of drug-likeness (QED) is 0.830. The molecule has 0 aliphatic heterocycles. The molecule has 0 spiro atoms. The summed E-state index contributed by atoms with van der Waals surface area (Å²) in [7, 11) is -7.32. The number of rotatable bonds is 3. The maximum Gasteiger partial charge on any atom is 0.238 e. The van der Waals surface area contributed by atoms with E-state index in [2.05, 4.69) is 4.72 Å². The summed E-state index contributed by atoms with van der Waals surface area (Å²) in [6.07, 6.45) is 0.991. The summed E-state index contributed by atoms with van der Waals surface area (Å²) < 4.78 is 47.0. The van der Waals surface area contributed by atoms with Crippen molar-refractivity contribution < 1.29 is 16.8 Å². The molecule has 1 aromatic carbocycles. The molecular formula is C9H14N2O4S2. The zero-order valence-electron chi connectivity index (χ0n) is 9.68. The Bertz CT molecular complexity index is 648. The van der Waals surface area contributed by atoms with Crippen molar-refractivity contribution in [3.8, 4) is 0 Å². The van der Waals surface area contributed by atoms with E-state index in [4.69, 9.17) is 5.14 Å². The van der Waals surface area contributed by atoms with E-state index >= 15 is 0 Å². The lowest BCUT2D eigenvalue weighted by atomic mass is 10.1. The molecular weight excluding hydrogens is 264 g/mol. The second-order valence-corrected chi connectivity index (χ2v) is 7.14. The molecule has 0 heterocycles. The summed E-state index contributed by atoms with van der Waals surface area (Å²) in [5.74, 6) is 0. The molecule has 0 fully saturated rings. The number of benzene rings is 1. The largest absolute Gasteiger partial charge is 0.283 e. The van der Waals surface area contributed by atoms with E-state index in [-0.39, 0.29) is 10.6 Å². The zero-order chi connectivity index (χ0) is 13.4. The number of nitrogens with one attached hydrogen (secondary N) is 1. The Labute approximate surface area is 101 Å². The molecule has 0 unspecified atom stereocenters. The summed E-state index contributed by atoms with van der Waals surface area (Å²) in [6.45, 7) is 3.37. The molecule has 17 heavy (non-hydrogen) atoms. The van der Waals surface area contributed by atoms with Crippen molar-refractivity contribution in [3.63, 3.8) is 0 Å². The number of aryl methyl sites for hydroxylation is 1. The molecule has 3 N–H and O–H groups in total. The van der Waals surface area contributed by atoms with Crippen LogP contribution in [0.15, 0.2) is 17.0 Å². The van der Waals surface area contributed by atoms with Crippen LogP contribution >= 0.6 is 0 Å². The van der Waals surface area contributed by atoms with Gasteiger partial charge in [-0.25, -0.2) is 22.0 Å². The van der Waals surface area contributed by atoms with Crippen molar-refractivity contribution >= 4 is 25.7 Å². The second-order valence-electron chi connectivity index (χ2n) is 3.83. The highest BCUT2D eigenvalue weighted by molar-refractivity contribution is 7.92. The van der Waals surface area contributed by atoms with Gasteiger partial charge in [-0.1, -0.05) is 0 Å². The lowest BCUT2D eigenvalue weighted by Gasteiger charge is -2.12. The standard InChI is InChI=1S/C9H14N2O4S2/c1-6-4-8(17(10,14)15)5-9(7(6)2)11-16(3,12)13/h4-5,11H,1-3H3,(H2,10,14,15). The first-order valence-corrected chi connectivity index (χ1v) is 8.06. The Hall–Kier alpha value is -1.12. The van der Waals surface area contributed by atoms with Crippen molar-refractivity contribution in [1.82, 2.24) is 0 Å². The van der Waals surface area contributed by atoms with Crippen LogP contribution in [0.3, 0.4) is 0 Å². The lowest BCUT2D eigenvalue weighted by Crippen LogP contribution is -2.15. The summed E-state index contributed by atoms with van der Waals surface area (Å²) in [6, 6.07) is 2.61. The lowest BCUT2D eigenvalue weighted by molar-refractivity contribution is 0.597. The third-order valence-electron chi connectivity index (χ3n) is 2.26. The minimum Gasteiger partial charge on any atom is -0.283 e. The van der Waals surface area contributed by atoms with E-state index in [9.17, 15) is 16.8 Å². The van der Waals surface area contributed by atoms with Crippen LogP contribution in [0.5, 0.6) is 0 Å². The van der Waals surface area contributed by atoms with Crippen LogP contribution in [0.2, 0.25) is 0 Å². The molecule has 0 atom stereocenters. The summed E-state index contributed by atoms with van der Waals surface area (Å²) in [5, 5.41) is 5.00. The monoisotopic (exact) mass is 278 g/mol. The minimum absolute atomic E-state index is 0.119. The van der Waals surface area contributed by atoms with Gasteiger partial charge < -0.3 is 0 Å². The van der Waals surface area contributed by atoms with Gasteiger partial charge in [0.2, 0.25) is 20.0 Å². The number of sulfonamides is 2. The number of hydrogen-bond donors (Lipinski definition) is 2. The molecule has 96 valence electrons. The molecule has 1 aromatic rings. The third kappa shape index (κ3) is 3.69. The topological polar surface area (TPSA) is 106 Å². The van der Waals surface area contributed by atoms with Gasteiger partial charge in [-0.3, -0.25) is 4.72 Å². The second kappa shape index (κ2) is 4.28. The average Bonchev–Trinajstić information content (AvgIpc) is 2.08. The fourth-order valence-corrected chi connectivity index (χ4v) is 2.53. The Morgan fingerprint density at radius 3 is 2.06 bits per heavy atom. The summed E-state index contributed by atoms with van der Waals surface area (Å²) in [4.78, 5) is -0.119. The van der Waals surface area contributed by atoms with Gasteiger partial charge in [0.15, 0.2) is 0 Å². The molecule has 0 saturated carbocycles. The first kappa shape index (κ1) is 13.9. The van der Waals surface area contributed by atoms with Gasteiger partial charge in [-0.05, 0) is 37.1 Å². The van der Waals surface area contributed by atoms with Gasteiger partial charge in [-0.15, -0.1) is 0 Å². The molecule has 0 aliphatic rings. The van der Waals surface area contributed by atoms with Crippen molar-refractivity contribution in [3.05, 3.63) is 23.3 Å². The molecule has 0 aromatic heterocycles. The van der Waals surface area contributed by atoms with Crippen LogP contribution < -0.4 is 9.86 Å². The van der Waals surface area contributed by atoms with Gasteiger partial charge in [0.1, 0.15) is 0 Å². The molecule has 0 radical (unpaired) electrons. The van der Waals surface area contributed by atoms with E-state index < -0.39 is 20.0 Å². The molecule has 8 heteroatoms. The van der Waals surface area contributed by atoms with Gasteiger partial charge in [-0.2, -0.15) is 0 Å². The maximum atomic E-state index is 11.2. The number of anilines is 1. The highest BCUT2D eigenvalue weighted by atomic mass is 32.2. The van der Waals surface area contributed by atoms with Gasteiger partial charge in [0.25, 0.3) is 0 Å². The van der Waals surface area contributed by atoms with Gasteiger partial charge in [0, 0.05) is 0 Å². The predicted octanol–water partition coefficient (Wildman–Crippen LogP) is 0.322. The van der Waals surface area contributed by atoms with Crippen LogP contribution in [0.25, 0.3) is 0 Å². The van der Waals surface area contributed by atoms with Crippen molar-refractivity contribution in [2.75, 3.05) is 11.0 Å². The fraction of sp³-hybridized carbons (Fsp3) is 0.333. The maximum absolute atomic E-state index is 11.2. The Kier molecular flexibility index (Phi) is 3.51. The first-order valence-electron chi connectivity index (χ1n) is 4.62. The van der Waals surface area contributed by atoms with Crippen LogP contribution in [0, 0.1) is 13.8 Å². The van der Waals surface area contributed by atoms with Crippen molar-refractivity contribution in [2.24, 2.45) is 5.14 Å². The number of primary sulfonamides is 1. The molecule has 0 aliphatic carbocycles. The minimum atomic E-state index is -3.85. The van der Waals surface area contributed by atoms with Gasteiger partial charge >= 0.3 is 0 Å². The van der Waals surface area contributed by atoms with Crippen LogP contribution in [-0.2, 0) is 20.0 Å². The van der Waals surface area contributed by atoms with Crippen LogP contribution in [0.1, 0.15) is 11.1 Å². The zero-order valence-corrected chi connectivity index (χ0v) is 11.3. The predicted molar refractivity (Wildman–Crippen MR) is 65.8 cm³/mol. The third-order valence-corrected chi connectivity index (χ3v) is 3.75. The normalized spacial score (nSPS) is 12.5. The summed E-state index contributed by atoms with van der Waals surface area (Å²) >= 11 is 0. The Balaban J connectivity index is 3.46. The number of nitrogens with two attached hydrogens (primary N) is 1. The van der Waals surface area contributed by atoms with E-state index in [1.54, 1.807) is 13.8 Å². The van der Waals surface area contributed by atoms with Crippen molar-refractivity contribution in [2.45, 2.75) is 18.7 Å². The fourth-order valence-electron chi connectivity index (χ4n) is 1.30. The van der Waals surface area contributed by atoms with E-state index in [0.29, 0.717) is 11.1 Å². The smallest absolute Gasteiger partial charge is 0.238 e. The van der Waals surface area contributed by atoms with Crippen LogP contribution in [-0.4, -0.2) is 23.1 Å². The van der Waals surface area contributed by atoms with Crippen LogP contribution in [0.4, 0.5) is 5.69 Å². The number of hydrogen-bond acceptors (Lipinski definition) is 4. The molecule has 0 amide bonds. The Morgan fingerprint density at radius 1 is 1.12 bits per heavy atom. The SMILES string of the molecule is Cc1cc(S(N)(=O)=O)cc(NS(C)(=O)=O)c1C. The first-order chi connectivity index (χ1) is 7.50. The van der Waals surface area contributed by atoms with E-state index in [1.807, 2.05) is 0 Å². The molecule has 6 nitrogen and oxygen atoms in total. The van der Waals surface area contributed by atoms with E-state index in [0.717, 1.165) is 6.26 Å². The molecule has 0 bridgehead atoms. The highest BCUT2D eigenvalue weighted by Crippen LogP contribution is 2.24. The summed E-state index contributed by atoms with van der Waals surface area (Å²) in [5.41, 5.74) is 1.52. The average molecular weight is 278 g/mol. The Morgan fingerprint density at radius 2 is 1.65 bits per heavy atom. The van der Waals surface area contributed by atoms with Gasteiger partial charge in [0.05, 0.1) is 16.8 Å². The van der Waals surface area contributed by atoms with E-state index in [1.165, 1.54) is 12.1 Å².